The maximum absolute atomic E-state index is 13.6. The maximum atomic E-state index is 13.6. The van der Waals surface area contributed by atoms with Gasteiger partial charge in [0.1, 0.15) is 17.2 Å². The summed E-state index contributed by atoms with van der Waals surface area (Å²) in [6, 6.07) is 6.39. The van der Waals surface area contributed by atoms with Crippen LogP contribution in [0.25, 0.3) is 0 Å². The summed E-state index contributed by atoms with van der Waals surface area (Å²) in [7, 11) is 2.02. The van der Waals surface area contributed by atoms with Gasteiger partial charge in [0.25, 0.3) is 10.9 Å². The number of hydrogen-bond donors (Lipinski definition) is 1. The molecule has 22 heavy (non-hydrogen) atoms. The van der Waals surface area contributed by atoms with Gasteiger partial charge in [0, 0.05) is 38.3 Å². The number of hydrogen-bond acceptors (Lipinski definition) is 5. The summed E-state index contributed by atoms with van der Waals surface area (Å²) in [6.07, 6.45) is 0. The molecule has 0 bridgehead atoms. The molecule has 0 aromatic heterocycles. The van der Waals surface area contributed by atoms with E-state index >= 15 is 0 Å². The quantitative estimate of drug-likeness (QED) is 0.846. The molecule has 0 amide bonds. The first-order valence-corrected chi connectivity index (χ1v) is 7.32. The van der Waals surface area contributed by atoms with E-state index in [4.69, 9.17) is 0 Å². The highest BCUT2D eigenvalue weighted by molar-refractivity contribution is 5.75. The number of benzene rings is 1. The summed E-state index contributed by atoms with van der Waals surface area (Å²) in [5.41, 5.74) is 0.290. The summed E-state index contributed by atoms with van der Waals surface area (Å²) >= 11 is 0. The van der Waals surface area contributed by atoms with E-state index in [0.717, 1.165) is 26.2 Å². The van der Waals surface area contributed by atoms with Crippen molar-refractivity contribution < 1.29 is 4.39 Å². The summed E-state index contributed by atoms with van der Waals surface area (Å²) < 4.78 is 13.6. The lowest BCUT2D eigenvalue weighted by atomic mass is 10.1. The van der Waals surface area contributed by atoms with Crippen molar-refractivity contribution in [2.24, 2.45) is 0 Å². The van der Waals surface area contributed by atoms with Crippen molar-refractivity contribution in [1.82, 2.24) is 4.90 Å². The second-order valence-corrected chi connectivity index (χ2v) is 5.62. The smallest absolute Gasteiger partial charge is 0.253 e. The molecule has 1 N–H and O–H groups in total. The fourth-order valence-corrected chi connectivity index (χ4v) is 2.70. The Morgan fingerprint density at radius 3 is 2.45 bits per heavy atom. The van der Waals surface area contributed by atoms with E-state index in [-0.39, 0.29) is 12.4 Å². The zero-order chi connectivity index (χ0) is 15.7. The van der Waals surface area contributed by atoms with Gasteiger partial charge < -0.3 is 15.1 Å². The highest BCUT2D eigenvalue weighted by Gasteiger charge is 2.27. The van der Waals surface area contributed by atoms with Crippen LogP contribution in [0.4, 0.5) is 15.8 Å². The van der Waals surface area contributed by atoms with Crippen molar-refractivity contribution in [2.45, 2.75) is 6.54 Å². The fraction of sp³-hybridized carbons (Fsp3) is 0.375. The van der Waals surface area contributed by atoms with Crippen LogP contribution in [-0.2, 0) is 6.54 Å². The van der Waals surface area contributed by atoms with Gasteiger partial charge in [0.05, 0.1) is 0 Å². The third-order valence-electron chi connectivity index (χ3n) is 4.12. The van der Waals surface area contributed by atoms with Gasteiger partial charge >= 0.3 is 0 Å². The fourth-order valence-electron chi connectivity index (χ4n) is 2.70. The van der Waals surface area contributed by atoms with E-state index < -0.39 is 10.9 Å². The van der Waals surface area contributed by atoms with Crippen molar-refractivity contribution in [3.63, 3.8) is 0 Å². The molecule has 1 fully saturated rings. The van der Waals surface area contributed by atoms with Gasteiger partial charge in [-0.1, -0.05) is 18.2 Å². The molecule has 0 saturated carbocycles. The first kappa shape index (κ1) is 14.7. The monoisotopic (exact) mass is 303 g/mol. The molecule has 6 heteroatoms. The molecule has 0 unspecified atom stereocenters. The second kappa shape index (κ2) is 5.88. The number of anilines is 2. The number of halogens is 1. The van der Waals surface area contributed by atoms with E-state index in [9.17, 15) is 14.0 Å². The van der Waals surface area contributed by atoms with Gasteiger partial charge in [-0.05, 0) is 13.1 Å². The van der Waals surface area contributed by atoms with Crippen LogP contribution in [0.5, 0.6) is 0 Å². The lowest BCUT2D eigenvalue weighted by molar-refractivity contribution is 0.312. The molecule has 1 aliphatic heterocycles. The van der Waals surface area contributed by atoms with Crippen molar-refractivity contribution in [3.05, 3.63) is 56.1 Å². The van der Waals surface area contributed by atoms with Gasteiger partial charge in [-0.25, -0.2) is 4.39 Å². The van der Waals surface area contributed by atoms with E-state index in [1.807, 2.05) is 11.9 Å². The summed E-state index contributed by atoms with van der Waals surface area (Å²) in [5.74, 6) is -0.324. The molecule has 5 nitrogen and oxygen atoms in total. The van der Waals surface area contributed by atoms with Crippen molar-refractivity contribution in [2.75, 3.05) is 43.4 Å². The van der Waals surface area contributed by atoms with Crippen molar-refractivity contribution in [1.29, 1.82) is 0 Å². The molecule has 116 valence electrons. The van der Waals surface area contributed by atoms with E-state index in [2.05, 4.69) is 10.2 Å². The SMILES string of the molecule is CN1CCN(c2c(NCc3ccccc3F)c(=O)c2=O)CC1. The number of rotatable bonds is 4. The Morgan fingerprint density at radius 1 is 1.09 bits per heavy atom. The molecule has 2 aromatic rings. The van der Waals surface area contributed by atoms with Crippen LogP contribution >= 0.6 is 0 Å². The van der Waals surface area contributed by atoms with Crippen LogP contribution in [0.3, 0.4) is 0 Å². The van der Waals surface area contributed by atoms with Crippen LogP contribution < -0.4 is 21.1 Å². The average molecular weight is 303 g/mol. The summed E-state index contributed by atoms with van der Waals surface area (Å²) in [6.45, 7) is 3.33. The van der Waals surface area contributed by atoms with Crippen LogP contribution in [-0.4, -0.2) is 38.1 Å². The molecule has 1 aliphatic rings. The Bertz CT molecular complexity index is 744. The van der Waals surface area contributed by atoms with Gasteiger partial charge in [-0.2, -0.15) is 0 Å². The Kier molecular flexibility index (Phi) is 3.94. The molecule has 1 saturated heterocycles. The number of nitrogens with zero attached hydrogens (tertiary/aromatic N) is 2. The first-order valence-electron chi connectivity index (χ1n) is 7.32. The molecule has 2 aromatic carbocycles. The Hall–Kier alpha value is -2.21. The Morgan fingerprint density at radius 2 is 1.77 bits per heavy atom. The van der Waals surface area contributed by atoms with Crippen molar-refractivity contribution >= 4 is 11.4 Å². The molecular formula is C16H18FN3O2. The van der Waals surface area contributed by atoms with Gasteiger partial charge in [0.15, 0.2) is 0 Å². The van der Waals surface area contributed by atoms with Crippen LogP contribution in [0, 0.1) is 5.82 Å². The van der Waals surface area contributed by atoms with E-state index in [1.54, 1.807) is 18.2 Å². The molecule has 0 spiro atoms. The minimum atomic E-state index is -0.509. The first-order chi connectivity index (χ1) is 10.6. The normalized spacial score (nSPS) is 16.2. The van der Waals surface area contributed by atoms with Crippen LogP contribution in [0.1, 0.15) is 5.56 Å². The standard InChI is InChI=1S/C16H18FN3O2/c1-19-6-8-20(9-7-19)14-13(15(21)16(14)22)18-10-11-4-2-3-5-12(11)17/h2-5,18H,6-10H2,1H3. The van der Waals surface area contributed by atoms with Gasteiger partial charge in [-0.15, -0.1) is 0 Å². The predicted octanol–water partition coefficient (Wildman–Crippen LogP) is 0.786. The molecular weight excluding hydrogens is 285 g/mol. The second-order valence-electron chi connectivity index (χ2n) is 5.62. The van der Waals surface area contributed by atoms with Gasteiger partial charge in [-0.3, -0.25) is 9.59 Å². The highest BCUT2D eigenvalue weighted by atomic mass is 19.1. The lowest BCUT2D eigenvalue weighted by Gasteiger charge is -2.35. The predicted molar refractivity (Wildman–Crippen MR) is 84.8 cm³/mol. The van der Waals surface area contributed by atoms with Crippen molar-refractivity contribution in [3.8, 4) is 0 Å². The lowest BCUT2D eigenvalue weighted by Crippen LogP contribution is -2.50. The molecule has 3 rings (SSSR count). The minimum Gasteiger partial charge on any atom is -0.376 e. The third kappa shape index (κ3) is 2.62. The third-order valence-corrected chi connectivity index (χ3v) is 4.12. The number of piperazine rings is 1. The summed E-state index contributed by atoms with van der Waals surface area (Å²) in [4.78, 5) is 27.8. The zero-order valence-electron chi connectivity index (χ0n) is 12.4. The largest absolute Gasteiger partial charge is 0.376 e. The number of likely N-dealkylation sites (N-methyl/N-ethyl adjacent to an activating group) is 1. The van der Waals surface area contributed by atoms with Crippen LogP contribution in [0.2, 0.25) is 0 Å². The molecule has 0 atom stereocenters. The molecule has 0 radical (unpaired) electrons. The summed E-state index contributed by atoms with van der Waals surface area (Å²) in [5, 5.41) is 2.93. The van der Waals surface area contributed by atoms with Gasteiger partial charge in [0.2, 0.25) is 0 Å². The topological polar surface area (TPSA) is 52.6 Å². The Labute approximate surface area is 127 Å². The minimum absolute atomic E-state index is 0.193. The Balaban J connectivity index is 1.75. The van der Waals surface area contributed by atoms with E-state index in [1.165, 1.54) is 6.07 Å². The molecule has 1 heterocycles. The molecule has 0 aliphatic carbocycles. The maximum Gasteiger partial charge on any atom is 0.253 e. The van der Waals surface area contributed by atoms with Crippen LogP contribution in [0.15, 0.2) is 33.9 Å². The zero-order valence-corrected chi connectivity index (χ0v) is 12.4. The number of nitrogens with one attached hydrogen (secondary N) is 1. The highest BCUT2D eigenvalue weighted by Crippen LogP contribution is 2.22. The van der Waals surface area contributed by atoms with E-state index in [0.29, 0.717) is 16.9 Å². The average Bonchev–Trinajstić information content (AvgIpc) is 2.53.